The Labute approximate surface area is 172 Å². The molecule has 10 nitrogen and oxygen atoms in total. The first kappa shape index (κ1) is 21.2. The Morgan fingerprint density at radius 2 is 1.84 bits per heavy atom. The molecule has 0 fully saturated rings. The van der Waals surface area contributed by atoms with E-state index >= 15 is 0 Å². The summed E-state index contributed by atoms with van der Waals surface area (Å²) in [4.78, 5) is 46.7. The van der Waals surface area contributed by atoms with E-state index in [4.69, 9.17) is 5.73 Å². The van der Waals surface area contributed by atoms with Crippen LogP contribution in [0.15, 0.2) is 47.3 Å². The zero-order chi connectivity index (χ0) is 22.9. The average Bonchev–Trinajstić information content (AvgIpc) is 2.69. The lowest BCUT2D eigenvalue weighted by atomic mass is 10.1. The summed E-state index contributed by atoms with van der Waals surface area (Å²) in [5.41, 5.74) is 2.01. The number of hydrogen-bond acceptors (Lipinski definition) is 6. The lowest BCUT2D eigenvalue weighted by molar-refractivity contribution is -0.384. The zero-order valence-corrected chi connectivity index (χ0v) is 15.8. The van der Waals surface area contributed by atoms with Crippen LogP contribution in [0.3, 0.4) is 0 Å². The number of nitro benzene ring substituents is 1. The van der Waals surface area contributed by atoms with E-state index in [0.29, 0.717) is 12.1 Å². The van der Waals surface area contributed by atoms with Crippen LogP contribution in [0.25, 0.3) is 5.69 Å². The number of rotatable bonds is 5. The van der Waals surface area contributed by atoms with Crippen LogP contribution in [-0.4, -0.2) is 26.5 Å². The maximum absolute atomic E-state index is 14.0. The van der Waals surface area contributed by atoms with Crippen molar-refractivity contribution in [1.82, 2.24) is 9.78 Å². The van der Waals surface area contributed by atoms with Gasteiger partial charge < -0.3 is 11.1 Å². The zero-order valence-electron chi connectivity index (χ0n) is 15.8. The van der Waals surface area contributed by atoms with Crippen LogP contribution in [0.4, 0.5) is 20.2 Å². The Morgan fingerprint density at radius 3 is 2.48 bits per heavy atom. The molecule has 2 aromatic carbocycles. The summed E-state index contributed by atoms with van der Waals surface area (Å²) in [5.74, 6) is -4.82. The molecule has 0 atom stereocenters. The number of halogens is 2. The number of anilines is 1. The van der Waals surface area contributed by atoms with E-state index < -0.39 is 50.7 Å². The summed E-state index contributed by atoms with van der Waals surface area (Å²) >= 11 is 0. The van der Waals surface area contributed by atoms with Gasteiger partial charge in [0, 0.05) is 23.9 Å². The highest BCUT2D eigenvalue weighted by atomic mass is 19.1. The predicted octanol–water partition coefficient (Wildman–Crippen LogP) is 2.08. The molecule has 0 aliphatic heterocycles. The van der Waals surface area contributed by atoms with E-state index in [2.05, 4.69) is 5.10 Å². The highest BCUT2D eigenvalue weighted by molar-refractivity contribution is 6.03. The van der Waals surface area contributed by atoms with Crippen LogP contribution in [0.2, 0.25) is 0 Å². The van der Waals surface area contributed by atoms with E-state index in [0.717, 1.165) is 10.7 Å². The van der Waals surface area contributed by atoms with Gasteiger partial charge in [-0.25, -0.2) is 13.5 Å². The largest absolute Gasteiger partial charge is 0.366 e. The molecule has 31 heavy (non-hydrogen) atoms. The van der Waals surface area contributed by atoms with Crippen molar-refractivity contribution in [3.63, 3.8) is 0 Å². The number of nitrogens with one attached hydrogen (secondary N) is 1. The number of aryl methyl sites for hydroxylation is 1. The monoisotopic (exact) mass is 429 g/mol. The molecule has 3 rings (SSSR count). The van der Waals surface area contributed by atoms with Crippen molar-refractivity contribution >= 4 is 23.2 Å². The number of hydrogen-bond donors (Lipinski definition) is 2. The number of amides is 2. The Bertz CT molecular complexity index is 1310. The molecule has 158 valence electrons. The van der Waals surface area contributed by atoms with Crippen molar-refractivity contribution in [1.29, 1.82) is 0 Å². The van der Waals surface area contributed by atoms with E-state index in [1.54, 1.807) is 0 Å². The van der Waals surface area contributed by atoms with Crippen LogP contribution < -0.4 is 16.5 Å². The number of carbonyl (C=O) groups is 2. The molecule has 0 radical (unpaired) electrons. The van der Waals surface area contributed by atoms with E-state index in [-0.39, 0.29) is 17.1 Å². The van der Waals surface area contributed by atoms with Crippen molar-refractivity contribution in [2.45, 2.75) is 6.92 Å². The fourth-order valence-electron chi connectivity index (χ4n) is 2.76. The molecule has 0 bridgehead atoms. The number of nitro groups is 1. The fourth-order valence-corrected chi connectivity index (χ4v) is 2.76. The molecular formula is C19H13F2N5O5. The molecule has 0 unspecified atom stereocenters. The number of benzene rings is 2. The summed E-state index contributed by atoms with van der Waals surface area (Å²) in [7, 11) is 0. The number of primary amides is 1. The molecule has 0 spiro atoms. The number of nitrogens with zero attached hydrogens (tertiary/aromatic N) is 3. The number of para-hydroxylation sites is 2. The number of carbonyl (C=O) groups excluding carboxylic acids is 2. The standard InChI is InChI=1S/C19H13F2N5O5/c1-9-6-16(27)17(24-25(9)14-4-2-3-5-15(14)26(30)31)19(29)23-13-7-10(18(22)28)11(20)8-12(13)21/h2-8H,1H3,(H2,22,28)(H,23,29). The lowest BCUT2D eigenvalue weighted by Crippen LogP contribution is -2.27. The summed E-state index contributed by atoms with van der Waals surface area (Å²) in [6, 6.07) is 7.57. The second kappa shape index (κ2) is 8.10. The van der Waals surface area contributed by atoms with Crippen molar-refractivity contribution < 1.29 is 23.3 Å². The third-order valence-electron chi connectivity index (χ3n) is 4.20. The van der Waals surface area contributed by atoms with Gasteiger partial charge in [0.05, 0.1) is 16.2 Å². The van der Waals surface area contributed by atoms with Gasteiger partial charge in [-0.1, -0.05) is 12.1 Å². The first-order valence-electron chi connectivity index (χ1n) is 8.55. The first-order valence-corrected chi connectivity index (χ1v) is 8.55. The van der Waals surface area contributed by atoms with Gasteiger partial charge >= 0.3 is 0 Å². The highest BCUT2D eigenvalue weighted by Gasteiger charge is 2.22. The smallest absolute Gasteiger partial charge is 0.294 e. The Balaban J connectivity index is 2.07. The van der Waals surface area contributed by atoms with Crippen molar-refractivity contribution in [3.8, 4) is 5.69 Å². The Hall–Kier alpha value is -4.48. The van der Waals surface area contributed by atoms with Gasteiger partial charge in [0.2, 0.25) is 5.43 Å². The SMILES string of the molecule is Cc1cc(=O)c(C(=O)Nc2cc(C(N)=O)c(F)cc2F)nn1-c1ccccc1[N+](=O)[O-]. The second-order valence-corrected chi connectivity index (χ2v) is 6.29. The third-order valence-corrected chi connectivity index (χ3v) is 4.20. The first-order chi connectivity index (χ1) is 14.6. The lowest BCUT2D eigenvalue weighted by Gasteiger charge is -2.12. The van der Waals surface area contributed by atoms with E-state index in [1.165, 1.54) is 31.2 Å². The summed E-state index contributed by atoms with van der Waals surface area (Å²) in [6.45, 7) is 1.45. The molecule has 0 aliphatic carbocycles. The molecule has 1 aromatic heterocycles. The highest BCUT2D eigenvalue weighted by Crippen LogP contribution is 2.23. The van der Waals surface area contributed by atoms with Gasteiger partial charge in [0.15, 0.2) is 5.69 Å². The molecule has 3 N–H and O–H groups in total. The molecule has 3 aromatic rings. The molecule has 2 amide bonds. The quantitative estimate of drug-likeness (QED) is 0.468. The molecule has 1 heterocycles. The second-order valence-electron chi connectivity index (χ2n) is 6.29. The van der Waals surface area contributed by atoms with E-state index in [9.17, 15) is 33.3 Å². The summed E-state index contributed by atoms with van der Waals surface area (Å²) in [5, 5.41) is 17.2. The van der Waals surface area contributed by atoms with Crippen LogP contribution in [-0.2, 0) is 0 Å². The van der Waals surface area contributed by atoms with Gasteiger partial charge in [0.25, 0.3) is 17.5 Å². The maximum Gasteiger partial charge on any atom is 0.294 e. The van der Waals surface area contributed by atoms with Crippen LogP contribution in [0.5, 0.6) is 0 Å². The van der Waals surface area contributed by atoms with Crippen LogP contribution >= 0.6 is 0 Å². The topological polar surface area (TPSA) is 150 Å². The molecular weight excluding hydrogens is 416 g/mol. The minimum absolute atomic E-state index is 0.0111. The molecule has 12 heteroatoms. The Morgan fingerprint density at radius 1 is 1.16 bits per heavy atom. The normalized spacial score (nSPS) is 10.5. The van der Waals surface area contributed by atoms with Gasteiger partial charge in [-0.15, -0.1) is 0 Å². The van der Waals surface area contributed by atoms with Crippen molar-refractivity contribution in [2.75, 3.05) is 5.32 Å². The molecule has 0 saturated heterocycles. The maximum atomic E-state index is 14.0. The Kier molecular flexibility index (Phi) is 5.55. The van der Waals surface area contributed by atoms with Crippen LogP contribution in [0, 0.1) is 28.7 Å². The van der Waals surface area contributed by atoms with Crippen LogP contribution in [0.1, 0.15) is 26.5 Å². The molecule has 0 aliphatic rings. The summed E-state index contributed by atoms with van der Waals surface area (Å²) < 4.78 is 28.7. The predicted molar refractivity (Wildman–Crippen MR) is 104 cm³/mol. The minimum atomic E-state index is -1.23. The fraction of sp³-hybridized carbons (Fsp3) is 0.0526. The average molecular weight is 429 g/mol. The van der Waals surface area contributed by atoms with Gasteiger partial charge in [-0.05, 0) is 19.1 Å². The minimum Gasteiger partial charge on any atom is -0.366 e. The van der Waals surface area contributed by atoms with Gasteiger partial charge in [-0.2, -0.15) is 5.10 Å². The van der Waals surface area contributed by atoms with Crippen molar-refractivity contribution in [2.24, 2.45) is 5.73 Å². The molecule has 0 saturated carbocycles. The number of aromatic nitrogens is 2. The van der Waals surface area contributed by atoms with Crippen molar-refractivity contribution in [3.05, 3.63) is 91.4 Å². The summed E-state index contributed by atoms with van der Waals surface area (Å²) in [6.07, 6.45) is 0. The van der Waals surface area contributed by atoms with Gasteiger partial charge in [0.1, 0.15) is 17.3 Å². The third kappa shape index (κ3) is 4.12. The number of nitrogens with two attached hydrogens (primary N) is 1. The van der Waals surface area contributed by atoms with Gasteiger partial charge in [-0.3, -0.25) is 24.5 Å². The van der Waals surface area contributed by atoms with E-state index in [1.807, 2.05) is 5.32 Å².